The molecule has 3 atom stereocenters. The summed E-state index contributed by atoms with van der Waals surface area (Å²) in [7, 11) is 1.61. The van der Waals surface area contributed by atoms with Crippen LogP contribution in [0, 0.1) is 17.2 Å². The van der Waals surface area contributed by atoms with E-state index in [0.29, 0.717) is 34.6 Å². The molecule has 0 spiro atoms. The second kappa shape index (κ2) is 9.74. The fourth-order valence-electron chi connectivity index (χ4n) is 4.96. The second-order valence-corrected chi connectivity index (χ2v) is 8.92. The van der Waals surface area contributed by atoms with E-state index in [9.17, 15) is 28.0 Å². The molecule has 0 saturated carbocycles. The van der Waals surface area contributed by atoms with E-state index >= 15 is 0 Å². The topological polar surface area (TPSA) is 149 Å². The predicted molar refractivity (Wildman–Crippen MR) is 126 cm³/mol. The molecule has 0 radical (unpaired) electrons. The quantitative estimate of drug-likeness (QED) is 0.469. The van der Waals surface area contributed by atoms with Crippen LogP contribution in [0.15, 0.2) is 33.9 Å². The Morgan fingerprint density at radius 1 is 1.27 bits per heavy atom. The molecular formula is C23H24F3N7O4. The number of benzene rings is 1. The minimum Gasteiger partial charge on any atom is -0.475 e. The molecule has 2 aliphatic rings. The molecule has 2 aromatic heterocycles. The Balaban J connectivity index is 0.000000405. The molecule has 0 aliphatic carbocycles. The maximum absolute atomic E-state index is 12.9. The van der Waals surface area contributed by atoms with Gasteiger partial charge >= 0.3 is 17.8 Å². The van der Waals surface area contributed by atoms with E-state index in [-0.39, 0.29) is 6.04 Å². The standard InChI is InChI=1S/C21H23N7O2.C2HF3O2/c1-12(15-6-4-3-5-13(15)9-22)28-17-18(26(2)21(30)25-19(17)29)24-20(28)27-8-7-14-10-23-11-16(14)27;3-2(4,5)1(6)7/h3-6,12,14,16,23H,7-8,10-11H2,1-2H3,(H,25,29,30);(H,6,7). The Hall–Kier alpha value is -4.12. The van der Waals surface area contributed by atoms with E-state index in [0.717, 1.165) is 31.6 Å². The van der Waals surface area contributed by atoms with Crippen LogP contribution in [0.4, 0.5) is 19.1 Å². The molecule has 14 heteroatoms. The van der Waals surface area contributed by atoms with Crippen molar-refractivity contribution in [3.8, 4) is 6.07 Å². The van der Waals surface area contributed by atoms with Crippen LogP contribution in [0.2, 0.25) is 0 Å². The maximum Gasteiger partial charge on any atom is 0.490 e. The average Bonchev–Trinajstić information content (AvgIpc) is 3.56. The summed E-state index contributed by atoms with van der Waals surface area (Å²) in [5.41, 5.74) is 1.12. The van der Waals surface area contributed by atoms with Crippen LogP contribution in [-0.2, 0) is 11.8 Å². The molecule has 3 aromatic rings. The number of hydrogen-bond donors (Lipinski definition) is 3. The number of nitriles is 1. The van der Waals surface area contributed by atoms with Crippen molar-refractivity contribution < 1.29 is 23.1 Å². The summed E-state index contributed by atoms with van der Waals surface area (Å²) in [5.74, 6) is -1.54. The zero-order valence-electron chi connectivity index (χ0n) is 19.9. The van der Waals surface area contributed by atoms with Gasteiger partial charge in [0.15, 0.2) is 11.2 Å². The van der Waals surface area contributed by atoms with Crippen molar-refractivity contribution in [3.63, 3.8) is 0 Å². The van der Waals surface area contributed by atoms with Crippen molar-refractivity contribution in [2.24, 2.45) is 13.0 Å². The lowest BCUT2D eigenvalue weighted by Gasteiger charge is -2.28. The van der Waals surface area contributed by atoms with E-state index in [2.05, 4.69) is 21.3 Å². The lowest BCUT2D eigenvalue weighted by Crippen LogP contribution is -2.36. The number of aliphatic carboxylic acids is 1. The van der Waals surface area contributed by atoms with Crippen molar-refractivity contribution in [3.05, 3.63) is 56.2 Å². The van der Waals surface area contributed by atoms with Gasteiger partial charge in [0.25, 0.3) is 5.56 Å². The third-order valence-electron chi connectivity index (χ3n) is 6.80. The van der Waals surface area contributed by atoms with Crippen LogP contribution in [0.1, 0.15) is 30.5 Å². The fourth-order valence-corrected chi connectivity index (χ4v) is 4.96. The van der Waals surface area contributed by atoms with Crippen LogP contribution in [0.5, 0.6) is 0 Å². The summed E-state index contributed by atoms with van der Waals surface area (Å²) >= 11 is 0. The normalized spacial score (nSPS) is 19.7. The Bertz CT molecular complexity index is 1500. The van der Waals surface area contributed by atoms with E-state index < -0.39 is 23.4 Å². The number of aromatic amines is 1. The highest BCUT2D eigenvalue weighted by atomic mass is 19.4. The first-order chi connectivity index (χ1) is 17.5. The Morgan fingerprint density at radius 2 is 1.95 bits per heavy atom. The Morgan fingerprint density at radius 3 is 2.59 bits per heavy atom. The monoisotopic (exact) mass is 519 g/mol. The Labute approximate surface area is 207 Å². The number of carboxylic acids is 1. The highest BCUT2D eigenvalue weighted by molar-refractivity contribution is 5.75. The van der Waals surface area contributed by atoms with Gasteiger partial charge in [0.1, 0.15) is 0 Å². The van der Waals surface area contributed by atoms with Gasteiger partial charge < -0.3 is 15.3 Å². The lowest BCUT2D eigenvalue weighted by molar-refractivity contribution is -0.192. The molecule has 4 heterocycles. The molecule has 2 saturated heterocycles. The molecule has 3 unspecified atom stereocenters. The molecule has 0 bridgehead atoms. The number of nitrogens with one attached hydrogen (secondary N) is 2. The smallest absolute Gasteiger partial charge is 0.475 e. The van der Waals surface area contributed by atoms with Crippen molar-refractivity contribution in [2.75, 3.05) is 24.5 Å². The molecule has 2 aliphatic heterocycles. The van der Waals surface area contributed by atoms with Crippen molar-refractivity contribution in [1.29, 1.82) is 5.26 Å². The van der Waals surface area contributed by atoms with Gasteiger partial charge in [0, 0.05) is 32.7 Å². The summed E-state index contributed by atoms with van der Waals surface area (Å²) in [5, 5.41) is 20.2. The number of nitrogens with zero attached hydrogens (tertiary/aromatic N) is 5. The minimum absolute atomic E-state index is 0.301. The molecule has 3 N–H and O–H groups in total. The second-order valence-electron chi connectivity index (χ2n) is 8.92. The van der Waals surface area contributed by atoms with Gasteiger partial charge in [0.05, 0.1) is 17.7 Å². The van der Waals surface area contributed by atoms with E-state index in [4.69, 9.17) is 14.9 Å². The maximum atomic E-state index is 12.9. The van der Waals surface area contributed by atoms with Crippen molar-refractivity contribution >= 4 is 23.1 Å². The highest BCUT2D eigenvalue weighted by Crippen LogP contribution is 2.36. The number of aryl methyl sites for hydroxylation is 1. The minimum atomic E-state index is -5.08. The van der Waals surface area contributed by atoms with Gasteiger partial charge in [0.2, 0.25) is 5.95 Å². The van der Waals surface area contributed by atoms with Gasteiger partial charge in [-0.1, -0.05) is 18.2 Å². The van der Waals surface area contributed by atoms with Gasteiger partial charge in [-0.15, -0.1) is 0 Å². The van der Waals surface area contributed by atoms with Gasteiger partial charge in [-0.3, -0.25) is 18.9 Å². The van der Waals surface area contributed by atoms with Crippen LogP contribution < -0.4 is 21.5 Å². The Kier molecular flexibility index (Phi) is 6.83. The van der Waals surface area contributed by atoms with Gasteiger partial charge in [-0.2, -0.15) is 23.4 Å². The number of anilines is 1. The number of carboxylic acid groups (broad SMARTS) is 1. The summed E-state index contributed by atoms with van der Waals surface area (Å²) in [6.45, 7) is 4.66. The number of halogens is 3. The van der Waals surface area contributed by atoms with E-state index in [1.807, 2.05) is 29.7 Å². The summed E-state index contributed by atoms with van der Waals surface area (Å²) < 4.78 is 35.0. The molecule has 11 nitrogen and oxygen atoms in total. The number of hydrogen-bond acceptors (Lipinski definition) is 7. The van der Waals surface area contributed by atoms with Crippen molar-refractivity contribution in [1.82, 2.24) is 24.4 Å². The van der Waals surface area contributed by atoms with Crippen LogP contribution in [-0.4, -0.2) is 62.0 Å². The largest absolute Gasteiger partial charge is 0.490 e. The first-order valence-corrected chi connectivity index (χ1v) is 11.4. The number of carbonyl (C=O) groups is 1. The number of imidazole rings is 1. The number of H-pyrrole nitrogens is 1. The fraction of sp³-hybridized carbons (Fsp3) is 0.435. The summed E-state index contributed by atoms with van der Waals surface area (Å²) in [6.07, 6.45) is -4.03. The van der Waals surface area contributed by atoms with Gasteiger partial charge in [-0.05, 0) is 30.9 Å². The lowest BCUT2D eigenvalue weighted by atomic mass is 10.0. The highest BCUT2D eigenvalue weighted by Gasteiger charge is 2.41. The number of aromatic nitrogens is 4. The molecule has 0 amide bonds. The zero-order valence-corrected chi connectivity index (χ0v) is 19.9. The third kappa shape index (κ3) is 4.69. The van der Waals surface area contributed by atoms with Gasteiger partial charge in [-0.25, -0.2) is 9.59 Å². The predicted octanol–water partition coefficient (Wildman–Crippen LogP) is 1.34. The first kappa shape index (κ1) is 26.0. The van der Waals surface area contributed by atoms with E-state index in [1.165, 1.54) is 4.57 Å². The van der Waals surface area contributed by atoms with E-state index in [1.54, 1.807) is 13.1 Å². The van der Waals surface area contributed by atoms with Crippen LogP contribution in [0.3, 0.4) is 0 Å². The third-order valence-corrected chi connectivity index (χ3v) is 6.80. The molecule has 1 aromatic carbocycles. The molecule has 5 rings (SSSR count). The molecule has 196 valence electrons. The number of rotatable bonds is 3. The van der Waals surface area contributed by atoms with Crippen molar-refractivity contribution in [2.45, 2.75) is 31.6 Å². The number of fused-ring (bicyclic) bond motifs is 2. The molecular weight excluding hydrogens is 495 g/mol. The first-order valence-electron chi connectivity index (χ1n) is 11.4. The number of alkyl halides is 3. The zero-order chi connectivity index (χ0) is 27.1. The summed E-state index contributed by atoms with van der Waals surface area (Å²) in [6, 6.07) is 9.63. The SMILES string of the molecule is CC(c1ccccc1C#N)n1c(N2CCC3CNCC32)nc2c1c(=O)[nH]c(=O)n2C.O=C(O)C(F)(F)F. The molecule has 2 fully saturated rings. The summed E-state index contributed by atoms with van der Waals surface area (Å²) in [4.78, 5) is 43.5. The average molecular weight is 519 g/mol. The van der Waals surface area contributed by atoms with Crippen LogP contribution in [0.25, 0.3) is 11.2 Å². The molecule has 37 heavy (non-hydrogen) atoms. The van der Waals surface area contributed by atoms with Crippen LogP contribution >= 0.6 is 0 Å².